The number of carbonyl (C=O) groups excluding carboxylic acids is 2. The van der Waals surface area contributed by atoms with E-state index < -0.39 is 0 Å². The van der Waals surface area contributed by atoms with E-state index in [4.69, 9.17) is 0 Å². The lowest BCUT2D eigenvalue weighted by atomic mass is 9.94. The van der Waals surface area contributed by atoms with Crippen molar-refractivity contribution in [3.8, 4) is 0 Å². The molecule has 2 heterocycles. The Hall–Kier alpha value is -2.82. The van der Waals surface area contributed by atoms with Gasteiger partial charge in [0, 0.05) is 31.0 Å². The highest BCUT2D eigenvalue weighted by atomic mass is 16.2. The minimum Gasteiger partial charge on any atom is -0.324 e. The van der Waals surface area contributed by atoms with Crippen molar-refractivity contribution >= 4 is 23.3 Å². The number of likely N-dealkylation sites (tertiary alicyclic amines) is 1. The molecule has 1 saturated heterocycles. The van der Waals surface area contributed by atoms with Gasteiger partial charge in [-0.1, -0.05) is 30.3 Å². The normalized spacial score (nSPS) is 19.1. The molecule has 0 saturated carbocycles. The molecule has 0 bridgehead atoms. The zero-order chi connectivity index (χ0) is 19.5. The molecule has 4 rings (SSSR count). The molecule has 1 atom stereocenters. The van der Waals surface area contributed by atoms with Crippen LogP contribution in [0.2, 0.25) is 0 Å². The number of anilines is 2. The molecule has 3 amide bonds. The largest absolute Gasteiger partial charge is 0.324 e. The Morgan fingerprint density at radius 3 is 2.75 bits per heavy atom. The van der Waals surface area contributed by atoms with Crippen molar-refractivity contribution in [1.82, 2.24) is 4.90 Å². The summed E-state index contributed by atoms with van der Waals surface area (Å²) in [6.45, 7) is 3.94. The molecule has 0 aliphatic carbocycles. The van der Waals surface area contributed by atoms with E-state index in [0.717, 1.165) is 49.2 Å². The third-order valence-electron chi connectivity index (χ3n) is 5.70. The number of carbonyl (C=O) groups is 2. The minimum atomic E-state index is -0.136. The molecule has 1 N–H and O–H groups in total. The number of rotatable bonds is 2. The van der Waals surface area contributed by atoms with Crippen molar-refractivity contribution < 1.29 is 9.59 Å². The number of hydrogen-bond donors (Lipinski definition) is 1. The number of aryl methyl sites for hydroxylation is 2. The number of nitrogens with zero attached hydrogens (tertiary/aromatic N) is 2. The maximum atomic E-state index is 13.3. The summed E-state index contributed by atoms with van der Waals surface area (Å²) < 4.78 is 0. The third-order valence-corrected chi connectivity index (χ3v) is 5.70. The topological polar surface area (TPSA) is 52.7 Å². The molecule has 1 fully saturated rings. The van der Waals surface area contributed by atoms with E-state index in [1.807, 2.05) is 54.3 Å². The maximum absolute atomic E-state index is 13.3. The number of piperidine rings is 1. The summed E-state index contributed by atoms with van der Waals surface area (Å²) in [6.07, 6.45) is 3.71. The highest BCUT2D eigenvalue weighted by molar-refractivity contribution is 5.97. The second-order valence-corrected chi connectivity index (χ2v) is 7.81. The van der Waals surface area contributed by atoms with Crippen molar-refractivity contribution in [3.05, 3.63) is 59.7 Å². The molecule has 28 heavy (non-hydrogen) atoms. The van der Waals surface area contributed by atoms with Gasteiger partial charge in [0.25, 0.3) is 0 Å². The van der Waals surface area contributed by atoms with Gasteiger partial charge in [-0.15, -0.1) is 0 Å². The van der Waals surface area contributed by atoms with Crippen molar-refractivity contribution in [2.45, 2.75) is 32.6 Å². The molecule has 2 aliphatic heterocycles. The van der Waals surface area contributed by atoms with Crippen molar-refractivity contribution in [3.63, 3.8) is 0 Å². The third kappa shape index (κ3) is 3.88. The number of hydrogen-bond acceptors (Lipinski definition) is 2. The molecule has 2 aromatic carbocycles. The monoisotopic (exact) mass is 377 g/mol. The molecule has 0 radical (unpaired) electrons. The first-order valence-corrected chi connectivity index (χ1v) is 10.1. The maximum Gasteiger partial charge on any atom is 0.321 e. The molecule has 5 heteroatoms. The van der Waals surface area contributed by atoms with Crippen LogP contribution in [0.25, 0.3) is 0 Å². The number of para-hydroxylation sites is 1. The fourth-order valence-electron chi connectivity index (χ4n) is 4.27. The van der Waals surface area contributed by atoms with E-state index in [1.54, 1.807) is 4.90 Å². The van der Waals surface area contributed by atoms with Gasteiger partial charge >= 0.3 is 6.03 Å². The standard InChI is InChI=1S/C23H27N3O2/c1-17-7-4-11-20(15-17)24-23(28)25-13-5-10-19(16-25)22(27)26-14-6-9-18-8-2-3-12-21(18)26/h2-4,7-8,11-12,15,19H,5-6,9-10,13-14,16H2,1H3,(H,24,28). The number of nitrogens with one attached hydrogen (secondary N) is 1. The predicted octanol–water partition coefficient (Wildman–Crippen LogP) is 4.22. The van der Waals surface area contributed by atoms with Crippen LogP contribution in [0.3, 0.4) is 0 Å². The molecule has 146 valence electrons. The summed E-state index contributed by atoms with van der Waals surface area (Å²) in [6, 6.07) is 15.8. The Balaban J connectivity index is 1.44. The van der Waals surface area contributed by atoms with Crippen molar-refractivity contribution in [2.24, 2.45) is 5.92 Å². The summed E-state index contributed by atoms with van der Waals surface area (Å²) in [5.41, 5.74) is 4.18. The van der Waals surface area contributed by atoms with E-state index in [2.05, 4.69) is 11.4 Å². The molecule has 1 unspecified atom stereocenters. The van der Waals surface area contributed by atoms with Crippen molar-refractivity contribution in [1.29, 1.82) is 0 Å². The van der Waals surface area contributed by atoms with E-state index >= 15 is 0 Å². The van der Waals surface area contributed by atoms with Gasteiger partial charge in [0.15, 0.2) is 0 Å². The van der Waals surface area contributed by atoms with Gasteiger partial charge in [-0.05, 0) is 61.9 Å². The zero-order valence-electron chi connectivity index (χ0n) is 16.4. The van der Waals surface area contributed by atoms with Crippen LogP contribution in [0.1, 0.15) is 30.4 Å². The quantitative estimate of drug-likeness (QED) is 0.852. The average molecular weight is 377 g/mol. The van der Waals surface area contributed by atoms with Crippen LogP contribution < -0.4 is 10.2 Å². The zero-order valence-corrected chi connectivity index (χ0v) is 16.4. The summed E-state index contributed by atoms with van der Waals surface area (Å²) >= 11 is 0. The van der Waals surface area contributed by atoms with E-state index in [0.29, 0.717) is 13.1 Å². The lowest BCUT2D eigenvalue weighted by Gasteiger charge is -2.37. The summed E-state index contributed by atoms with van der Waals surface area (Å²) in [5.74, 6) is 0.0170. The first-order valence-electron chi connectivity index (χ1n) is 10.1. The summed E-state index contributed by atoms with van der Waals surface area (Å²) in [7, 11) is 0. The van der Waals surface area contributed by atoms with Gasteiger partial charge < -0.3 is 15.1 Å². The summed E-state index contributed by atoms with van der Waals surface area (Å²) in [4.78, 5) is 29.7. The fourth-order valence-corrected chi connectivity index (χ4v) is 4.27. The Bertz CT molecular complexity index is 880. The lowest BCUT2D eigenvalue weighted by molar-refractivity contribution is -0.123. The first-order chi connectivity index (χ1) is 13.6. The number of urea groups is 1. The minimum absolute atomic E-state index is 0.123. The van der Waals surface area contributed by atoms with Crippen LogP contribution in [0, 0.1) is 12.8 Å². The molecule has 0 spiro atoms. The fraction of sp³-hybridized carbons (Fsp3) is 0.391. The predicted molar refractivity (Wildman–Crippen MR) is 112 cm³/mol. The number of amides is 3. The van der Waals surface area contributed by atoms with Crippen LogP contribution in [0.5, 0.6) is 0 Å². The second-order valence-electron chi connectivity index (χ2n) is 7.81. The van der Waals surface area contributed by atoms with Crippen LogP contribution in [-0.4, -0.2) is 36.5 Å². The average Bonchev–Trinajstić information content (AvgIpc) is 2.73. The highest BCUT2D eigenvalue weighted by Gasteiger charge is 2.33. The molecule has 5 nitrogen and oxygen atoms in total. The SMILES string of the molecule is Cc1cccc(NC(=O)N2CCCC(C(=O)N3CCCc4ccccc43)C2)c1. The van der Waals surface area contributed by atoms with E-state index in [1.165, 1.54) is 5.56 Å². The smallest absolute Gasteiger partial charge is 0.321 e. The van der Waals surface area contributed by atoms with Crippen molar-refractivity contribution in [2.75, 3.05) is 29.9 Å². The highest BCUT2D eigenvalue weighted by Crippen LogP contribution is 2.30. The first kappa shape index (κ1) is 18.5. The Labute approximate surface area is 166 Å². The van der Waals surface area contributed by atoms with Gasteiger partial charge in [-0.2, -0.15) is 0 Å². The summed E-state index contributed by atoms with van der Waals surface area (Å²) in [5, 5.41) is 2.97. The van der Waals surface area contributed by atoms with Crippen LogP contribution in [0.4, 0.5) is 16.2 Å². The van der Waals surface area contributed by atoms with Gasteiger partial charge in [-0.25, -0.2) is 4.79 Å². The second kappa shape index (κ2) is 8.05. The number of fused-ring (bicyclic) bond motifs is 1. The van der Waals surface area contributed by atoms with Crippen LogP contribution in [-0.2, 0) is 11.2 Å². The molecular weight excluding hydrogens is 350 g/mol. The van der Waals surface area contributed by atoms with Crippen LogP contribution >= 0.6 is 0 Å². The van der Waals surface area contributed by atoms with Gasteiger partial charge in [0.05, 0.1) is 5.92 Å². The molecule has 2 aliphatic rings. The van der Waals surface area contributed by atoms with E-state index in [9.17, 15) is 9.59 Å². The number of benzene rings is 2. The van der Waals surface area contributed by atoms with Gasteiger partial charge in [-0.3, -0.25) is 4.79 Å². The molecular formula is C23H27N3O2. The van der Waals surface area contributed by atoms with Crippen LogP contribution in [0.15, 0.2) is 48.5 Å². The Morgan fingerprint density at radius 2 is 1.89 bits per heavy atom. The lowest BCUT2D eigenvalue weighted by Crippen LogP contribution is -2.49. The Kier molecular flexibility index (Phi) is 5.33. The molecule has 0 aromatic heterocycles. The van der Waals surface area contributed by atoms with Gasteiger partial charge in [0.2, 0.25) is 5.91 Å². The van der Waals surface area contributed by atoms with E-state index in [-0.39, 0.29) is 17.9 Å². The van der Waals surface area contributed by atoms with Gasteiger partial charge in [0.1, 0.15) is 0 Å². The molecule has 2 aromatic rings. The Morgan fingerprint density at radius 1 is 1.04 bits per heavy atom.